The number of amides is 1. The number of nitrogens with zero attached hydrogens (tertiary/aromatic N) is 2. The van der Waals surface area contributed by atoms with Crippen LogP contribution in [0.5, 0.6) is 0 Å². The minimum absolute atomic E-state index is 0.114. The number of H-pyrrole nitrogens is 1. The van der Waals surface area contributed by atoms with Gasteiger partial charge in [0.15, 0.2) is 11.8 Å². The average molecular weight is 420 g/mol. The quantitative estimate of drug-likeness (QED) is 0.604. The van der Waals surface area contributed by atoms with Crippen molar-refractivity contribution in [2.45, 2.75) is 19.1 Å². The molecule has 1 atom stereocenters. The van der Waals surface area contributed by atoms with Crippen LogP contribution in [0.1, 0.15) is 21.5 Å². The van der Waals surface area contributed by atoms with Gasteiger partial charge in [0.25, 0.3) is 11.5 Å². The molecule has 1 aliphatic heterocycles. The van der Waals surface area contributed by atoms with Gasteiger partial charge in [0.1, 0.15) is 5.82 Å². The molecule has 2 heterocycles. The van der Waals surface area contributed by atoms with E-state index in [1.165, 1.54) is 11.6 Å². The van der Waals surface area contributed by atoms with E-state index in [0.29, 0.717) is 11.1 Å². The minimum Gasteiger partial charge on any atom is -0.448 e. The van der Waals surface area contributed by atoms with Crippen LogP contribution in [0, 0.1) is 0 Å². The highest BCUT2D eigenvalue weighted by Crippen LogP contribution is 2.24. The summed E-state index contributed by atoms with van der Waals surface area (Å²) in [4.78, 5) is 53.4. The van der Waals surface area contributed by atoms with Gasteiger partial charge in [0.05, 0.1) is 12.1 Å². The van der Waals surface area contributed by atoms with E-state index in [9.17, 15) is 19.2 Å². The number of rotatable bonds is 4. The molecule has 3 aromatic rings. The van der Waals surface area contributed by atoms with Crippen molar-refractivity contribution < 1.29 is 14.3 Å². The van der Waals surface area contributed by atoms with Crippen molar-refractivity contribution in [2.24, 2.45) is 0 Å². The molecule has 0 saturated carbocycles. The predicted molar refractivity (Wildman–Crippen MR) is 114 cm³/mol. The van der Waals surface area contributed by atoms with E-state index in [2.05, 4.69) is 4.98 Å². The van der Waals surface area contributed by atoms with Crippen LogP contribution in [0.15, 0.2) is 64.2 Å². The lowest BCUT2D eigenvalue weighted by Crippen LogP contribution is -2.46. The lowest BCUT2D eigenvalue weighted by molar-refractivity contribution is -0.127. The number of fused-ring (bicyclic) bond motifs is 1. The Kier molecular flexibility index (Phi) is 5.16. The van der Waals surface area contributed by atoms with Crippen molar-refractivity contribution in [3.8, 4) is 0 Å². The van der Waals surface area contributed by atoms with E-state index in [4.69, 9.17) is 10.5 Å². The third-order valence-corrected chi connectivity index (χ3v) is 5.23. The number of ether oxygens (including phenoxy) is 1. The van der Waals surface area contributed by atoms with Gasteiger partial charge in [-0.2, -0.15) is 0 Å². The summed E-state index contributed by atoms with van der Waals surface area (Å²) in [6, 6.07) is 15.9. The van der Waals surface area contributed by atoms with Gasteiger partial charge in [0.2, 0.25) is 0 Å². The lowest BCUT2D eigenvalue weighted by atomic mass is 9.98. The summed E-state index contributed by atoms with van der Waals surface area (Å²) >= 11 is 0. The van der Waals surface area contributed by atoms with Crippen LogP contribution in [0.2, 0.25) is 0 Å². The molecule has 1 amide bonds. The number of carbonyl (C=O) groups excluding carboxylic acids is 2. The van der Waals surface area contributed by atoms with Gasteiger partial charge in [-0.25, -0.2) is 9.59 Å². The first-order valence-electron chi connectivity index (χ1n) is 9.59. The second-order valence-corrected chi connectivity index (χ2v) is 7.22. The van der Waals surface area contributed by atoms with Crippen molar-refractivity contribution in [3.63, 3.8) is 0 Å². The molecule has 3 N–H and O–H groups in total. The number of aromatic nitrogens is 2. The Bertz CT molecular complexity index is 1280. The van der Waals surface area contributed by atoms with Crippen LogP contribution in [0.25, 0.3) is 0 Å². The van der Waals surface area contributed by atoms with Crippen molar-refractivity contribution in [1.82, 2.24) is 9.55 Å². The fourth-order valence-corrected chi connectivity index (χ4v) is 3.62. The second kappa shape index (κ2) is 7.94. The highest BCUT2D eigenvalue weighted by atomic mass is 16.5. The largest absolute Gasteiger partial charge is 0.448 e. The van der Waals surface area contributed by atoms with E-state index >= 15 is 0 Å². The SMILES string of the molecule is CN(C(=O)[C@H]1Cc2ccccc2C(=O)O1)c1c(N)n(Cc2ccccc2)c(=O)[nH]c1=O. The summed E-state index contributed by atoms with van der Waals surface area (Å²) in [5, 5.41) is 0. The monoisotopic (exact) mass is 420 g/mol. The summed E-state index contributed by atoms with van der Waals surface area (Å²) in [7, 11) is 1.36. The van der Waals surface area contributed by atoms with E-state index in [0.717, 1.165) is 10.5 Å². The molecule has 2 aromatic carbocycles. The molecule has 1 aliphatic rings. The van der Waals surface area contributed by atoms with Crippen molar-refractivity contribution in [2.75, 3.05) is 17.7 Å². The summed E-state index contributed by atoms with van der Waals surface area (Å²) in [6.45, 7) is 0.114. The Hall–Kier alpha value is -4.14. The Labute approximate surface area is 176 Å². The number of cyclic esters (lactones) is 1. The molecule has 0 bridgehead atoms. The maximum Gasteiger partial charge on any atom is 0.339 e. The number of hydrogen-bond donors (Lipinski definition) is 2. The Morgan fingerprint density at radius 2 is 1.81 bits per heavy atom. The molecular weight excluding hydrogens is 400 g/mol. The zero-order chi connectivity index (χ0) is 22.1. The van der Waals surface area contributed by atoms with Crippen LogP contribution < -0.4 is 21.9 Å². The molecule has 158 valence electrons. The standard InChI is InChI=1S/C22H20N4O5/c1-25(20(28)16-11-14-9-5-6-10-15(14)21(29)31-16)17-18(23)26(22(30)24-19(17)27)12-13-7-3-2-4-8-13/h2-10,16H,11-12,23H2,1H3,(H,24,27,30)/t16-/m1/s1. The topological polar surface area (TPSA) is 127 Å². The molecule has 0 spiro atoms. The maximum atomic E-state index is 13.1. The van der Waals surface area contributed by atoms with Gasteiger partial charge >= 0.3 is 11.7 Å². The number of likely N-dealkylation sites (N-methyl/N-ethyl adjacent to an activating group) is 1. The number of nitrogens with two attached hydrogens (primary N) is 1. The number of esters is 1. The average Bonchev–Trinajstić information content (AvgIpc) is 2.76. The second-order valence-electron chi connectivity index (χ2n) is 7.22. The number of anilines is 2. The number of carbonyl (C=O) groups is 2. The lowest BCUT2D eigenvalue weighted by Gasteiger charge is -2.28. The number of nitrogen functional groups attached to an aromatic ring is 1. The maximum absolute atomic E-state index is 13.1. The highest BCUT2D eigenvalue weighted by molar-refractivity contribution is 6.02. The summed E-state index contributed by atoms with van der Waals surface area (Å²) in [6.07, 6.45) is -0.937. The first-order chi connectivity index (χ1) is 14.9. The van der Waals surface area contributed by atoms with Gasteiger partial charge in [-0.1, -0.05) is 48.5 Å². The predicted octanol–water partition coefficient (Wildman–Crippen LogP) is 0.912. The minimum atomic E-state index is -1.11. The molecule has 31 heavy (non-hydrogen) atoms. The third-order valence-electron chi connectivity index (χ3n) is 5.23. The summed E-state index contributed by atoms with van der Waals surface area (Å²) in [5.41, 5.74) is 6.35. The van der Waals surface area contributed by atoms with Gasteiger partial charge < -0.3 is 15.4 Å². The van der Waals surface area contributed by atoms with Crippen LogP contribution >= 0.6 is 0 Å². The molecule has 0 radical (unpaired) electrons. The molecule has 9 heteroatoms. The Morgan fingerprint density at radius 3 is 2.55 bits per heavy atom. The van der Waals surface area contributed by atoms with Crippen LogP contribution in [0.3, 0.4) is 0 Å². The Balaban J connectivity index is 1.67. The number of aromatic amines is 1. The van der Waals surface area contributed by atoms with E-state index < -0.39 is 29.2 Å². The highest BCUT2D eigenvalue weighted by Gasteiger charge is 2.34. The first-order valence-corrected chi connectivity index (χ1v) is 9.59. The number of hydrogen-bond acceptors (Lipinski definition) is 6. The molecule has 0 unspecified atom stereocenters. The van der Waals surface area contributed by atoms with Crippen LogP contribution in [-0.4, -0.2) is 34.6 Å². The first kappa shape index (κ1) is 20.1. The van der Waals surface area contributed by atoms with Crippen LogP contribution in [0.4, 0.5) is 11.5 Å². The zero-order valence-electron chi connectivity index (χ0n) is 16.7. The fourth-order valence-electron chi connectivity index (χ4n) is 3.62. The van der Waals surface area contributed by atoms with E-state index in [1.54, 1.807) is 24.3 Å². The van der Waals surface area contributed by atoms with Gasteiger partial charge in [-0.3, -0.25) is 19.1 Å². The smallest absolute Gasteiger partial charge is 0.339 e. The molecule has 0 saturated heterocycles. The number of benzene rings is 2. The molecular formula is C22H20N4O5. The number of nitrogens with one attached hydrogen (secondary N) is 1. The molecule has 0 aliphatic carbocycles. The third kappa shape index (κ3) is 3.73. The van der Waals surface area contributed by atoms with Gasteiger partial charge in [0, 0.05) is 13.5 Å². The Morgan fingerprint density at radius 1 is 1.13 bits per heavy atom. The molecule has 9 nitrogen and oxygen atoms in total. The van der Waals surface area contributed by atoms with Gasteiger partial charge in [-0.15, -0.1) is 0 Å². The van der Waals surface area contributed by atoms with Gasteiger partial charge in [-0.05, 0) is 17.2 Å². The fraction of sp³-hybridized carbons (Fsp3) is 0.182. The molecule has 1 aromatic heterocycles. The molecule has 4 rings (SSSR count). The van der Waals surface area contributed by atoms with Crippen molar-refractivity contribution in [1.29, 1.82) is 0 Å². The van der Waals surface area contributed by atoms with Crippen molar-refractivity contribution in [3.05, 3.63) is 92.1 Å². The van der Waals surface area contributed by atoms with E-state index in [-0.39, 0.29) is 24.5 Å². The summed E-state index contributed by atoms with van der Waals surface area (Å²) < 4.78 is 6.47. The van der Waals surface area contributed by atoms with Crippen molar-refractivity contribution >= 4 is 23.4 Å². The zero-order valence-corrected chi connectivity index (χ0v) is 16.7. The summed E-state index contributed by atoms with van der Waals surface area (Å²) in [5.74, 6) is -1.38. The molecule has 0 fully saturated rings. The van der Waals surface area contributed by atoms with Crippen LogP contribution in [-0.2, 0) is 22.5 Å². The van der Waals surface area contributed by atoms with E-state index in [1.807, 2.05) is 30.3 Å². The normalized spacial score (nSPS) is 15.1.